The van der Waals surface area contributed by atoms with E-state index in [1.165, 1.54) is 0 Å². The highest BCUT2D eigenvalue weighted by molar-refractivity contribution is 7.80. The average molecular weight is 482 g/mol. The van der Waals surface area contributed by atoms with Gasteiger partial charge in [0.15, 0.2) is 5.11 Å². The van der Waals surface area contributed by atoms with Gasteiger partial charge in [0.1, 0.15) is 5.75 Å². The van der Waals surface area contributed by atoms with Crippen LogP contribution in [-0.2, 0) is 0 Å². The van der Waals surface area contributed by atoms with Gasteiger partial charge in [0, 0.05) is 27.5 Å². The Balaban J connectivity index is 1.55. The average Bonchev–Trinajstić information content (AvgIpc) is 2.80. The summed E-state index contributed by atoms with van der Waals surface area (Å²) in [7, 11) is 0. The summed E-state index contributed by atoms with van der Waals surface area (Å²) in [6, 6.07) is 20.6. The van der Waals surface area contributed by atoms with Gasteiger partial charge in [-0.2, -0.15) is 0 Å². The number of anilines is 2. The second kappa shape index (κ2) is 11.4. The quantitative estimate of drug-likeness (QED) is 0.366. The van der Waals surface area contributed by atoms with Crippen molar-refractivity contribution in [2.75, 3.05) is 10.6 Å². The molecule has 0 spiro atoms. The molecule has 0 heterocycles. The molecule has 0 aliphatic heterocycles. The van der Waals surface area contributed by atoms with Crippen LogP contribution >= 0.6 is 23.8 Å². The lowest BCUT2D eigenvalue weighted by Crippen LogP contribution is -2.34. The molecule has 0 bridgehead atoms. The van der Waals surface area contributed by atoms with Gasteiger partial charge in [-0.25, -0.2) is 0 Å². The van der Waals surface area contributed by atoms with E-state index in [1.807, 2.05) is 19.9 Å². The smallest absolute Gasteiger partial charge is 0.257 e. The maximum absolute atomic E-state index is 12.5. The number of rotatable bonds is 7. The molecule has 1 atom stereocenters. The van der Waals surface area contributed by atoms with Crippen LogP contribution in [-0.4, -0.2) is 23.0 Å². The molecule has 0 saturated carbocycles. The summed E-state index contributed by atoms with van der Waals surface area (Å²) in [5.41, 5.74) is 2.18. The first-order chi connectivity index (χ1) is 15.8. The van der Waals surface area contributed by atoms with Crippen molar-refractivity contribution in [3.8, 4) is 5.75 Å². The normalized spacial score (nSPS) is 11.2. The number of hydrogen-bond donors (Lipinski definition) is 3. The summed E-state index contributed by atoms with van der Waals surface area (Å²) in [4.78, 5) is 24.9. The minimum absolute atomic E-state index is 0.0595. The van der Waals surface area contributed by atoms with Gasteiger partial charge in [-0.1, -0.05) is 30.7 Å². The van der Waals surface area contributed by atoms with E-state index >= 15 is 0 Å². The summed E-state index contributed by atoms with van der Waals surface area (Å²) in [5, 5.41) is 9.06. The molecule has 6 nitrogen and oxygen atoms in total. The number of carbonyl (C=O) groups is 2. The third-order valence-electron chi connectivity index (χ3n) is 4.72. The van der Waals surface area contributed by atoms with Gasteiger partial charge in [-0.15, -0.1) is 0 Å². The monoisotopic (exact) mass is 481 g/mol. The van der Waals surface area contributed by atoms with Gasteiger partial charge in [0.25, 0.3) is 11.8 Å². The molecule has 3 aromatic rings. The molecule has 0 fully saturated rings. The molecule has 0 aliphatic carbocycles. The first-order valence-corrected chi connectivity index (χ1v) is 11.2. The van der Waals surface area contributed by atoms with Crippen LogP contribution in [0.5, 0.6) is 5.75 Å². The molecule has 170 valence electrons. The van der Waals surface area contributed by atoms with Crippen LogP contribution in [0.25, 0.3) is 0 Å². The summed E-state index contributed by atoms with van der Waals surface area (Å²) in [6.07, 6.45) is 0.928. The highest BCUT2D eigenvalue weighted by Gasteiger charge is 2.11. The fraction of sp³-hybridized carbons (Fsp3) is 0.160. The second-order valence-corrected chi connectivity index (χ2v) is 8.16. The Hall–Kier alpha value is -3.42. The van der Waals surface area contributed by atoms with Crippen molar-refractivity contribution in [1.29, 1.82) is 0 Å². The third kappa shape index (κ3) is 7.30. The van der Waals surface area contributed by atoms with Gasteiger partial charge in [0.2, 0.25) is 0 Å². The van der Waals surface area contributed by atoms with Crippen molar-refractivity contribution < 1.29 is 14.3 Å². The fourth-order valence-corrected chi connectivity index (χ4v) is 3.23. The summed E-state index contributed by atoms with van der Waals surface area (Å²) in [6.45, 7) is 4.00. The zero-order valence-corrected chi connectivity index (χ0v) is 19.8. The highest BCUT2D eigenvalue weighted by Crippen LogP contribution is 2.18. The van der Waals surface area contributed by atoms with E-state index in [-0.39, 0.29) is 23.0 Å². The first kappa shape index (κ1) is 24.2. The van der Waals surface area contributed by atoms with Crippen molar-refractivity contribution in [3.63, 3.8) is 0 Å². The number of ether oxygens (including phenoxy) is 1. The Labute approximate surface area is 203 Å². The molecule has 0 radical (unpaired) electrons. The van der Waals surface area contributed by atoms with Crippen LogP contribution in [0.1, 0.15) is 41.0 Å². The Morgan fingerprint density at radius 2 is 1.52 bits per heavy atom. The third-order valence-corrected chi connectivity index (χ3v) is 5.16. The predicted molar refractivity (Wildman–Crippen MR) is 136 cm³/mol. The minimum Gasteiger partial charge on any atom is -0.491 e. The maximum Gasteiger partial charge on any atom is 0.257 e. The Morgan fingerprint density at radius 1 is 0.909 bits per heavy atom. The highest BCUT2D eigenvalue weighted by atomic mass is 35.5. The molecule has 3 rings (SSSR count). The van der Waals surface area contributed by atoms with Crippen molar-refractivity contribution in [2.45, 2.75) is 26.4 Å². The lowest BCUT2D eigenvalue weighted by atomic mass is 10.2. The van der Waals surface area contributed by atoms with Crippen molar-refractivity contribution in [2.24, 2.45) is 0 Å². The lowest BCUT2D eigenvalue weighted by molar-refractivity contribution is 0.0975. The number of amides is 2. The van der Waals surface area contributed by atoms with Crippen LogP contribution in [0.15, 0.2) is 72.8 Å². The molecular weight excluding hydrogens is 458 g/mol. The van der Waals surface area contributed by atoms with E-state index in [1.54, 1.807) is 66.7 Å². The van der Waals surface area contributed by atoms with Gasteiger partial charge in [-0.3, -0.25) is 14.9 Å². The fourth-order valence-electron chi connectivity index (χ4n) is 2.83. The first-order valence-electron chi connectivity index (χ1n) is 10.4. The maximum atomic E-state index is 12.5. The summed E-state index contributed by atoms with van der Waals surface area (Å²) in [5.74, 6) is 0.0272. The summed E-state index contributed by atoms with van der Waals surface area (Å²) < 4.78 is 5.76. The molecule has 2 amide bonds. The number of halogens is 1. The number of thiocarbonyl (C=S) groups is 1. The molecule has 8 heteroatoms. The Bertz CT molecular complexity index is 1150. The molecule has 33 heavy (non-hydrogen) atoms. The lowest BCUT2D eigenvalue weighted by Gasteiger charge is -2.14. The van der Waals surface area contributed by atoms with E-state index in [0.29, 0.717) is 33.3 Å². The Kier molecular flexibility index (Phi) is 8.40. The Morgan fingerprint density at radius 3 is 2.15 bits per heavy atom. The molecule has 3 N–H and O–H groups in total. The van der Waals surface area contributed by atoms with Crippen molar-refractivity contribution in [3.05, 3.63) is 88.9 Å². The zero-order valence-electron chi connectivity index (χ0n) is 18.2. The molecule has 0 aromatic heterocycles. The van der Waals surface area contributed by atoms with E-state index < -0.39 is 0 Å². The molecule has 0 unspecified atom stereocenters. The van der Waals surface area contributed by atoms with Crippen molar-refractivity contribution in [1.82, 2.24) is 5.32 Å². The SMILES string of the molecule is CC[C@H](C)Oc1cccc(C(=O)NC(=S)Nc2ccc(NC(=O)c3cccc(Cl)c3)cc2)c1. The van der Waals surface area contributed by atoms with Crippen LogP contribution in [0.4, 0.5) is 11.4 Å². The van der Waals surface area contributed by atoms with E-state index in [9.17, 15) is 9.59 Å². The number of benzene rings is 3. The van der Waals surface area contributed by atoms with E-state index in [0.717, 1.165) is 6.42 Å². The van der Waals surface area contributed by atoms with E-state index in [2.05, 4.69) is 16.0 Å². The molecular formula is C25H24ClN3O3S. The predicted octanol–water partition coefficient (Wildman–Crippen LogP) is 5.90. The van der Waals surface area contributed by atoms with Gasteiger partial charge < -0.3 is 15.4 Å². The standard InChI is InChI=1S/C25H24ClN3O3S/c1-3-16(2)32-22-9-5-7-18(15-22)24(31)29-25(33)28-21-12-10-20(11-13-21)27-23(30)17-6-4-8-19(26)14-17/h4-16H,3H2,1-2H3,(H,27,30)(H2,28,29,31,33)/t16-/m0/s1. The van der Waals surface area contributed by atoms with Crippen LogP contribution in [0.3, 0.4) is 0 Å². The van der Waals surface area contributed by atoms with Gasteiger partial charge >= 0.3 is 0 Å². The number of carbonyl (C=O) groups excluding carboxylic acids is 2. The molecule has 0 aliphatic rings. The zero-order chi connectivity index (χ0) is 23.8. The van der Waals surface area contributed by atoms with Crippen molar-refractivity contribution >= 4 is 52.1 Å². The number of hydrogen-bond acceptors (Lipinski definition) is 4. The van der Waals surface area contributed by atoms with Crippen LogP contribution < -0.4 is 20.7 Å². The largest absolute Gasteiger partial charge is 0.491 e. The topological polar surface area (TPSA) is 79.5 Å². The minimum atomic E-state index is -0.340. The molecule has 3 aromatic carbocycles. The van der Waals surface area contributed by atoms with Gasteiger partial charge in [0.05, 0.1) is 6.10 Å². The summed E-state index contributed by atoms with van der Waals surface area (Å²) >= 11 is 11.2. The second-order valence-electron chi connectivity index (χ2n) is 7.31. The van der Waals surface area contributed by atoms with Gasteiger partial charge in [-0.05, 0) is 86.2 Å². The van der Waals surface area contributed by atoms with E-state index in [4.69, 9.17) is 28.6 Å². The number of nitrogens with one attached hydrogen (secondary N) is 3. The van der Waals surface area contributed by atoms with Crippen LogP contribution in [0, 0.1) is 0 Å². The molecule has 0 saturated heterocycles. The van der Waals surface area contributed by atoms with Crippen LogP contribution in [0.2, 0.25) is 5.02 Å².